The van der Waals surface area contributed by atoms with Gasteiger partial charge in [0.1, 0.15) is 0 Å². The van der Waals surface area contributed by atoms with Gasteiger partial charge in [-0.25, -0.2) is 33.7 Å². The summed E-state index contributed by atoms with van der Waals surface area (Å²) in [4.78, 5) is 0. The van der Waals surface area contributed by atoms with Crippen molar-refractivity contribution >= 4 is 40.1 Å². The molecule has 0 fully saturated rings. The number of nitrogens with zero attached hydrogens (tertiary/aromatic N) is 1. The maximum absolute atomic E-state index is 14.2. The molecule has 0 heterocycles. The summed E-state index contributed by atoms with van der Waals surface area (Å²) in [7, 11) is -27.8. The summed E-state index contributed by atoms with van der Waals surface area (Å²) in [6.45, 7) is 0.401. The molecule has 176 valence electrons. The maximum atomic E-state index is 14.2. The maximum Gasteiger partial charge on any atom is 0.512 e. The Morgan fingerprint density at radius 3 is 1.41 bits per heavy atom. The zero-order valence-corrected chi connectivity index (χ0v) is 16.9. The number of nitrogens with one attached hydrogen (secondary N) is 1. The fraction of sp³-hybridized carbons (Fsp3) is 1.00. The van der Waals surface area contributed by atoms with E-state index in [0.29, 0.717) is 6.92 Å². The van der Waals surface area contributed by atoms with Gasteiger partial charge in [-0.05, 0) is 6.42 Å². The smallest absolute Gasteiger partial charge is 0.211 e. The second-order valence-corrected chi connectivity index (χ2v) is 12.9. The minimum Gasteiger partial charge on any atom is -0.211 e. The van der Waals surface area contributed by atoms with Gasteiger partial charge in [0.25, 0.3) is 10.0 Å². The van der Waals surface area contributed by atoms with E-state index in [1.165, 1.54) is 0 Å². The molecule has 1 unspecified atom stereocenters. The van der Waals surface area contributed by atoms with Crippen LogP contribution in [-0.4, -0.2) is 66.0 Å². The van der Waals surface area contributed by atoms with E-state index in [1.807, 2.05) is 0 Å². The highest BCUT2D eigenvalue weighted by Gasteiger charge is 2.64. The fourth-order valence-corrected chi connectivity index (χ4v) is 7.82. The van der Waals surface area contributed by atoms with Crippen LogP contribution in [0.1, 0.15) is 13.3 Å². The highest BCUT2D eigenvalue weighted by atomic mass is 32.3. The summed E-state index contributed by atoms with van der Waals surface area (Å²) in [5.74, 6) is 0. The van der Waals surface area contributed by atoms with E-state index in [-0.39, 0.29) is 7.05 Å². The lowest BCUT2D eigenvalue weighted by atomic mass is 10.3. The molecule has 1 atom stereocenters. The zero-order valence-electron chi connectivity index (χ0n) is 13.7. The first-order valence-corrected chi connectivity index (χ1v) is 12.2. The molecule has 10 nitrogen and oxygen atoms in total. The largest absolute Gasteiger partial charge is 0.512 e. The second-order valence-electron chi connectivity index (χ2n) is 4.87. The van der Waals surface area contributed by atoms with Gasteiger partial charge in [-0.2, -0.15) is 35.1 Å². The van der Waals surface area contributed by atoms with Crippen molar-refractivity contribution in [1.29, 1.82) is 0 Å². The lowest BCUT2D eigenvalue weighted by Gasteiger charge is -2.29. The van der Waals surface area contributed by atoms with E-state index in [4.69, 9.17) is 0 Å². The van der Waals surface area contributed by atoms with Crippen molar-refractivity contribution in [2.45, 2.75) is 34.9 Å². The molecule has 1 N–H and O–H groups in total. The zero-order chi connectivity index (χ0) is 24.1. The van der Waals surface area contributed by atoms with Gasteiger partial charge in [-0.3, -0.25) is 0 Å². The molecule has 22 heteroatoms. The number of rotatable bonds is 8. The first kappa shape index (κ1) is 28.2. The van der Waals surface area contributed by atoms with E-state index >= 15 is 0 Å². The quantitative estimate of drug-likeness (QED) is 0.438. The van der Waals surface area contributed by atoms with Crippen LogP contribution in [0.5, 0.6) is 0 Å². The van der Waals surface area contributed by atoms with Gasteiger partial charge >= 0.3 is 36.3 Å². The molecule has 29 heavy (non-hydrogen) atoms. The molecule has 0 rings (SSSR count). The molecule has 0 radical (unpaired) electrons. The van der Waals surface area contributed by atoms with Crippen molar-refractivity contribution < 1.29 is 68.8 Å². The number of halogens is 8. The Labute approximate surface area is 159 Å². The number of sulfonamides is 4. The van der Waals surface area contributed by atoms with Crippen LogP contribution in [-0.2, 0) is 40.1 Å². The molecular weight excluding hydrogens is 520 g/mol. The second kappa shape index (κ2) is 7.69. The van der Waals surface area contributed by atoms with Crippen molar-refractivity contribution in [3.63, 3.8) is 0 Å². The Hall–Kier alpha value is -0.840. The van der Waals surface area contributed by atoms with Crippen LogP contribution in [0.2, 0.25) is 0 Å². The van der Waals surface area contributed by atoms with Crippen LogP contribution >= 0.6 is 0 Å². The molecule has 0 saturated carbocycles. The Kier molecular flexibility index (Phi) is 7.47. The van der Waals surface area contributed by atoms with E-state index in [2.05, 4.69) is 0 Å². The van der Waals surface area contributed by atoms with E-state index in [1.54, 1.807) is 0 Å². The first-order valence-electron chi connectivity index (χ1n) is 6.32. The van der Waals surface area contributed by atoms with Gasteiger partial charge in [0.15, 0.2) is 5.25 Å². The van der Waals surface area contributed by atoms with Gasteiger partial charge < -0.3 is 0 Å². The van der Waals surface area contributed by atoms with Crippen LogP contribution in [0.25, 0.3) is 0 Å². The predicted octanol–water partition coefficient (Wildman–Crippen LogP) is 0.238. The summed E-state index contributed by atoms with van der Waals surface area (Å²) in [6, 6.07) is 0. The summed E-state index contributed by atoms with van der Waals surface area (Å²) in [6.07, 6.45) is -1.67. The van der Waals surface area contributed by atoms with E-state index < -0.39 is 75.9 Å². The molecule has 0 spiro atoms. The molecule has 0 aliphatic carbocycles. The Morgan fingerprint density at radius 1 is 0.759 bits per heavy atom. The summed E-state index contributed by atoms with van der Waals surface area (Å²) in [5, 5.41) is -9.97. The van der Waals surface area contributed by atoms with Crippen molar-refractivity contribution in [3.8, 4) is 0 Å². The SMILES string of the molecule is CCC(C(F)(F)S(=O)(=O)NS(=O)(=O)C(F)(F)F)S(=O)(=O)N(C)S(=O)(=O)C(F)(F)F. The van der Waals surface area contributed by atoms with Crippen LogP contribution in [0, 0.1) is 0 Å². The van der Waals surface area contributed by atoms with Crippen molar-refractivity contribution in [2.75, 3.05) is 7.05 Å². The average molecular weight is 530 g/mol. The molecule has 0 saturated heterocycles. The number of hydrogen-bond donors (Lipinski definition) is 1. The molecule has 0 aliphatic heterocycles. The summed E-state index contributed by atoms with van der Waals surface area (Å²) in [5.41, 5.74) is -12.8. The highest BCUT2D eigenvalue weighted by Crippen LogP contribution is 2.37. The molecule has 0 aromatic carbocycles. The molecule has 0 aliphatic rings. The topological polar surface area (TPSA) is 152 Å². The normalized spacial score (nSPS) is 16.8. The summed E-state index contributed by atoms with van der Waals surface area (Å²) >= 11 is 0. The Balaban J connectivity index is 6.53. The minimum absolute atomic E-state index is 0.386. The van der Waals surface area contributed by atoms with Gasteiger partial charge in [-0.15, -0.1) is 0 Å². The van der Waals surface area contributed by atoms with Gasteiger partial charge in [0.2, 0.25) is 10.0 Å². The number of hydrogen-bond acceptors (Lipinski definition) is 8. The van der Waals surface area contributed by atoms with Crippen molar-refractivity contribution in [2.24, 2.45) is 0 Å². The van der Waals surface area contributed by atoms with Crippen LogP contribution < -0.4 is 4.13 Å². The molecule has 0 aromatic heterocycles. The Morgan fingerprint density at radius 2 is 1.14 bits per heavy atom. The predicted molar refractivity (Wildman–Crippen MR) is 77.7 cm³/mol. The highest BCUT2D eigenvalue weighted by molar-refractivity contribution is 8.07. The standard InChI is InChI=1S/C7H10F8N2O8S4/c1-3-4(26(18,19)17(2)29(24,25)7(13,14)15)5(8,9)27(20,21)16-28(22,23)6(10,11)12/h4,16H,3H2,1-2H3. The van der Waals surface area contributed by atoms with Crippen LogP contribution in [0.4, 0.5) is 35.1 Å². The lowest BCUT2D eigenvalue weighted by molar-refractivity contribution is -0.0468. The molecule has 0 aromatic rings. The third kappa shape index (κ3) is 5.08. The number of alkyl halides is 8. The van der Waals surface area contributed by atoms with Crippen molar-refractivity contribution in [3.05, 3.63) is 0 Å². The van der Waals surface area contributed by atoms with Gasteiger partial charge in [0.05, 0.1) is 0 Å². The van der Waals surface area contributed by atoms with E-state index in [9.17, 15) is 68.8 Å². The Bertz CT molecular complexity index is 1040. The monoisotopic (exact) mass is 530 g/mol. The van der Waals surface area contributed by atoms with Crippen LogP contribution in [0.3, 0.4) is 0 Å². The van der Waals surface area contributed by atoms with Gasteiger partial charge in [-0.1, -0.05) is 14.8 Å². The average Bonchev–Trinajstić information content (AvgIpc) is 2.42. The molecule has 0 amide bonds. The molecular formula is C7H10F8N2O8S4. The third-order valence-corrected chi connectivity index (χ3v) is 11.0. The van der Waals surface area contributed by atoms with Crippen LogP contribution in [0.15, 0.2) is 0 Å². The first-order chi connectivity index (χ1) is 12.3. The summed E-state index contributed by atoms with van der Waals surface area (Å²) < 4.78 is 191. The molecule has 0 bridgehead atoms. The fourth-order valence-electron chi connectivity index (χ4n) is 1.50. The van der Waals surface area contributed by atoms with Crippen molar-refractivity contribution in [1.82, 2.24) is 7.84 Å². The minimum atomic E-state index is -7.08. The van der Waals surface area contributed by atoms with Gasteiger partial charge in [0, 0.05) is 7.05 Å². The lowest BCUT2D eigenvalue weighted by Crippen LogP contribution is -2.57. The third-order valence-electron chi connectivity index (χ3n) is 2.98. The van der Waals surface area contributed by atoms with E-state index in [0.717, 1.165) is 0 Å².